The Morgan fingerprint density at radius 2 is 1.90 bits per heavy atom. The highest BCUT2D eigenvalue weighted by molar-refractivity contribution is 5.27. The zero-order valence-electron chi connectivity index (χ0n) is 5.46. The van der Waals surface area contributed by atoms with Crippen LogP contribution in [-0.2, 0) is 6.42 Å². The average Bonchev–Trinajstić information content (AvgIpc) is 1.95. The molecule has 1 aromatic rings. The smallest absolute Gasteiger partial charge is 0.253 e. The van der Waals surface area contributed by atoms with E-state index >= 15 is 0 Å². The lowest BCUT2D eigenvalue weighted by Crippen LogP contribution is -1.77. The fraction of sp³-hybridized carbons (Fsp3) is 0.125. The van der Waals surface area contributed by atoms with Crippen molar-refractivity contribution < 1.29 is 5.11 Å². The standard InChI is InChI=1S/C8H7NO/c9-6-5-7-1-3-8(10)4-2-7/h1-4,10H,5H2/p+1. The van der Waals surface area contributed by atoms with Gasteiger partial charge in [0.05, 0.1) is 12.5 Å². The number of hydrogen-bond donors (Lipinski definition) is 0. The number of rotatable bonds is 1. The molecule has 0 unspecified atom stereocenters. The van der Waals surface area contributed by atoms with Crippen molar-refractivity contribution in [1.29, 1.82) is 5.26 Å². The quantitative estimate of drug-likeness (QED) is 0.532. The number of hydrogen-bond acceptors (Lipinski definition) is 1. The second-order valence-corrected chi connectivity index (χ2v) is 2.03. The number of nitriles is 1. The molecule has 10 heavy (non-hydrogen) atoms. The molecule has 0 aromatic heterocycles. The molecule has 2 heteroatoms. The molecule has 2 nitrogen and oxygen atoms in total. The molecular weight excluding hydrogens is 126 g/mol. The van der Waals surface area contributed by atoms with E-state index in [1.807, 2.05) is 6.07 Å². The molecule has 0 amide bonds. The summed E-state index contributed by atoms with van der Waals surface area (Å²) in [5.74, 6) is 0.488. The highest BCUT2D eigenvalue weighted by Gasteiger charge is 1.92. The first-order chi connectivity index (χ1) is 4.83. The minimum atomic E-state index is 0.431. The lowest BCUT2D eigenvalue weighted by Gasteiger charge is -1.90. The van der Waals surface area contributed by atoms with Crippen LogP contribution < -0.4 is 0 Å². The third-order valence-corrected chi connectivity index (χ3v) is 1.24. The van der Waals surface area contributed by atoms with Crippen LogP contribution in [0.4, 0.5) is 0 Å². The van der Waals surface area contributed by atoms with Crippen molar-refractivity contribution in [3.8, 4) is 11.8 Å². The Hall–Kier alpha value is -1.49. The molecule has 0 aliphatic heterocycles. The van der Waals surface area contributed by atoms with Crippen molar-refractivity contribution in [2.75, 3.05) is 0 Å². The highest BCUT2D eigenvalue weighted by atomic mass is 16.3. The largest absolute Gasteiger partial charge is 0.593 e. The Morgan fingerprint density at radius 3 is 2.40 bits per heavy atom. The summed E-state index contributed by atoms with van der Waals surface area (Å²) >= 11 is 0. The zero-order chi connectivity index (χ0) is 7.40. The molecule has 0 aliphatic rings. The molecule has 0 saturated heterocycles. The van der Waals surface area contributed by atoms with Gasteiger partial charge in [0.25, 0.3) is 5.75 Å². The third kappa shape index (κ3) is 1.49. The van der Waals surface area contributed by atoms with Gasteiger partial charge in [-0.2, -0.15) is 5.26 Å². The normalized spacial score (nSPS) is 8.70. The van der Waals surface area contributed by atoms with Crippen LogP contribution in [-0.4, -0.2) is 5.11 Å². The Labute approximate surface area is 59.3 Å². The summed E-state index contributed by atoms with van der Waals surface area (Å²) in [6.07, 6.45) is 0.431. The summed E-state index contributed by atoms with van der Waals surface area (Å²) in [7, 11) is 0. The molecule has 0 aliphatic carbocycles. The highest BCUT2D eigenvalue weighted by Crippen LogP contribution is 2.09. The minimum absolute atomic E-state index is 0.431. The minimum Gasteiger partial charge on any atom is -0.593 e. The molecule has 1 rings (SSSR count). The van der Waals surface area contributed by atoms with Crippen LogP contribution >= 0.6 is 0 Å². The number of benzene rings is 1. The van der Waals surface area contributed by atoms with Crippen molar-refractivity contribution in [2.45, 2.75) is 6.42 Å². The second-order valence-electron chi connectivity index (χ2n) is 2.03. The van der Waals surface area contributed by atoms with Crippen LogP contribution in [0.15, 0.2) is 24.3 Å². The van der Waals surface area contributed by atoms with Crippen LogP contribution in [0.3, 0.4) is 0 Å². The molecule has 1 aromatic carbocycles. The SMILES string of the molecule is N#CCc1ccc([OH2+])cc1. The second kappa shape index (κ2) is 2.88. The first kappa shape index (κ1) is 6.63. The molecule has 0 heterocycles. The molecule has 0 spiro atoms. The van der Waals surface area contributed by atoms with E-state index in [1.165, 1.54) is 0 Å². The van der Waals surface area contributed by atoms with Gasteiger partial charge in [0.15, 0.2) is 0 Å². The van der Waals surface area contributed by atoms with Gasteiger partial charge in [0.1, 0.15) is 0 Å². The van der Waals surface area contributed by atoms with E-state index in [-0.39, 0.29) is 0 Å². The lowest BCUT2D eigenvalue weighted by molar-refractivity contribution is 0.475. The summed E-state index contributed by atoms with van der Waals surface area (Å²) in [6.45, 7) is 0. The van der Waals surface area contributed by atoms with E-state index in [0.29, 0.717) is 12.2 Å². The molecule has 0 bridgehead atoms. The maximum absolute atomic E-state index is 8.29. The van der Waals surface area contributed by atoms with E-state index in [1.54, 1.807) is 24.3 Å². The molecule has 0 atom stereocenters. The van der Waals surface area contributed by atoms with Crippen LogP contribution in [0.1, 0.15) is 5.56 Å². The van der Waals surface area contributed by atoms with Crippen LogP contribution in [0, 0.1) is 11.3 Å². The maximum Gasteiger partial charge on any atom is 0.253 e. The van der Waals surface area contributed by atoms with E-state index in [4.69, 9.17) is 10.4 Å². The van der Waals surface area contributed by atoms with E-state index in [0.717, 1.165) is 5.56 Å². The summed E-state index contributed by atoms with van der Waals surface area (Å²) in [4.78, 5) is 0. The first-order valence-corrected chi connectivity index (χ1v) is 3.00. The van der Waals surface area contributed by atoms with E-state index < -0.39 is 0 Å². The van der Waals surface area contributed by atoms with Gasteiger partial charge in [-0.25, -0.2) is 0 Å². The van der Waals surface area contributed by atoms with Crippen LogP contribution in [0.2, 0.25) is 0 Å². The predicted molar refractivity (Wildman–Crippen MR) is 38.8 cm³/mol. The summed E-state index contributed by atoms with van der Waals surface area (Å²) in [5.41, 5.74) is 0.971. The average molecular weight is 134 g/mol. The molecule has 2 N–H and O–H groups in total. The summed E-state index contributed by atoms with van der Waals surface area (Å²) < 4.78 is 0. The summed E-state index contributed by atoms with van der Waals surface area (Å²) in [5, 5.41) is 15.4. The third-order valence-electron chi connectivity index (χ3n) is 1.24. The Morgan fingerprint density at radius 1 is 1.30 bits per heavy atom. The van der Waals surface area contributed by atoms with Gasteiger partial charge in [-0.15, -0.1) is 0 Å². The molecule has 0 fully saturated rings. The van der Waals surface area contributed by atoms with Crippen LogP contribution in [0.5, 0.6) is 5.75 Å². The first-order valence-electron chi connectivity index (χ1n) is 3.00. The van der Waals surface area contributed by atoms with Crippen molar-refractivity contribution in [1.82, 2.24) is 0 Å². The summed E-state index contributed by atoms with van der Waals surface area (Å²) in [6, 6.07) is 9.01. The zero-order valence-corrected chi connectivity index (χ0v) is 5.46. The van der Waals surface area contributed by atoms with Crippen molar-refractivity contribution >= 4 is 0 Å². The fourth-order valence-electron chi connectivity index (χ4n) is 0.714. The van der Waals surface area contributed by atoms with Gasteiger partial charge in [-0.05, 0) is 17.7 Å². The Bertz CT molecular complexity index is 245. The predicted octanol–water partition coefficient (Wildman–Crippen LogP) is 1.19. The van der Waals surface area contributed by atoms with E-state index in [2.05, 4.69) is 0 Å². The van der Waals surface area contributed by atoms with Gasteiger partial charge in [-0.3, -0.25) is 0 Å². The molecular formula is C8H8NO+. The maximum atomic E-state index is 8.29. The lowest BCUT2D eigenvalue weighted by atomic mass is 10.2. The molecule has 0 radical (unpaired) electrons. The van der Waals surface area contributed by atoms with Gasteiger partial charge in [-0.1, -0.05) is 0 Å². The van der Waals surface area contributed by atoms with Crippen molar-refractivity contribution in [2.24, 2.45) is 0 Å². The number of nitrogens with zero attached hydrogens (tertiary/aromatic N) is 1. The van der Waals surface area contributed by atoms with Gasteiger partial charge >= 0.3 is 0 Å². The molecule has 50 valence electrons. The Balaban J connectivity index is 2.81. The van der Waals surface area contributed by atoms with Gasteiger partial charge in [0.2, 0.25) is 0 Å². The monoisotopic (exact) mass is 134 g/mol. The van der Waals surface area contributed by atoms with Crippen molar-refractivity contribution in [3.05, 3.63) is 29.8 Å². The topological polar surface area (TPSA) is 46.7 Å². The Kier molecular flexibility index (Phi) is 1.91. The van der Waals surface area contributed by atoms with Gasteiger partial charge in [0, 0.05) is 12.1 Å². The van der Waals surface area contributed by atoms with Gasteiger partial charge < -0.3 is 5.11 Å². The van der Waals surface area contributed by atoms with E-state index in [9.17, 15) is 0 Å². The molecule has 0 saturated carbocycles. The van der Waals surface area contributed by atoms with Crippen LogP contribution in [0.25, 0.3) is 0 Å². The fourth-order valence-corrected chi connectivity index (χ4v) is 0.714. The van der Waals surface area contributed by atoms with Crippen molar-refractivity contribution in [3.63, 3.8) is 0 Å².